The Bertz CT molecular complexity index is 699. The molecule has 3 aromatic rings. The molecule has 0 aliphatic rings. The number of fused-ring (bicyclic) bond motifs is 1. The molecule has 0 aliphatic heterocycles. The van der Waals surface area contributed by atoms with Gasteiger partial charge in [-0.05, 0) is 19.1 Å². The second-order valence-electron chi connectivity index (χ2n) is 4.38. The minimum Gasteiger partial charge on any atom is -0.372 e. The van der Waals surface area contributed by atoms with Gasteiger partial charge in [-0.1, -0.05) is 12.1 Å². The average Bonchev–Trinajstić information content (AvgIpc) is 2.76. The van der Waals surface area contributed by atoms with Crippen LogP contribution in [0.4, 0.5) is 5.82 Å². The maximum absolute atomic E-state index is 4.55. The van der Waals surface area contributed by atoms with Gasteiger partial charge in [0, 0.05) is 7.05 Å². The molecule has 96 valence electrons. The molecule has 2 aromatic heterocycles. The Balaban J connectivity index is 1.98. The normalized spacial score (nSPS) is 10.8. The summed E-state index contributed by atoms with van der Waals surface area (Å²) < 4.78 is 2.15. The van der Waals surface area contributed by atoms with Gasteiger partial charge in [-0.15, -0.1) is 0 Å². The van der Waals surface area contributed by atoms with Crippen LogP contribution in [0.2, 0.25) is 0 Å². The monoisotopic (exact) mass is 253 g/mol. The number of rotatable bonds is 3. The van der Waals surface area contributed by atoms with Gasteiger partial charge in [0.15, 0.2) is 0 Å². The molecule has 3 rings (SSSR count). The minimum atomic E-state index is 0.684. The molecule has 0 saturated carbocycles. The van der Waals surface area contributed by atoms with E-state index in [2.05, 4.69) is 30.9 Å². The Labute approximate surface area is 111 Å². The third-order valence-corrected chi connectivity index (χ3v) is 3.13. The van der Waals surface area contributed by atoms with Crippen molar-refractivity contribution in [2.24, 2.45) is 0 Å². The lowest BCUT2D eigenvalue weighted by Crippen LogP contribution is -2.05. The predicted molar refractivity (Wildman–Crippen MR) is 75.2 cm³/mol. The summed E-state index contributed by atoms with van der Waals surface area (Å²) in [5.74, 6) is 1.76. The van der Waals surface area contributed by atoms with E-state index in [0.29, 0.717) is 6.54 Å². The van der Waals surface area contributed by atoms with E-state index in [1.165, 1.54) is 0 Å². The summed E-state index contributed by atoms with van der Waals surface area (Å²) in [7, 11) is 1.83. The first-order chi connectivity index (χ1) is 9.28. The number of aryl methyl sites for hydroxylation is 1. The summed E-state index contributed by atoms with van der Waals surface area (Å²) in [6.45, 7) is 2.69. The van der Waals surface area contributed by atoms with Crippen LogP contribution in [-0.2, 0) is 6.54 Å². The Morgan fingerprint density at radius 3 is 2.74 bits per heavy atom. The topological polar surface area (TPSA) is 55.6 Å². The lowest BCUT2D eigenvalue weighted by molar-refractivity contribution is 0.759. The molecule has 0 amide bonds. The van der Waals surface area contributed by atoms with Crippen LogP contribution in [0.1, 0.15) is 11.5 Å². The number of imidazole rings is 1. The van der Waals surface area contributed by atoms with E-state index in [4.69, 9.17) is 0 Å². The highest BCUT2D eigenvalue weighted by Crippen LogP contribution is 2.16. The molecule has 0 radical (unpaired) electrons. The molecule has 0 bridgehead atoms. The number of para-hydroxylation sites is 2. The van der Waals surface area contributed by atoms with Crippen molar-refractivity contribution >= 4 is 16.9 Å². The molecule has 0 aliphatic carbocycles. The highest BCUT2D eigenvalue weighted by Gasteiger charge is 2.07. The Morgan fingerprint density at radius 1 is 1.16 bits per heavy atom. The van der Waals surface area contributed by atoms with Crippen molar-refractivity contribution < 1.29 is 0 Å². The van der Waals surface area contributed by atoms with Crippen LogP contribution in [-0.4, -0.2) is 26.6 Å². The van der Waals surface area contributed by atoms with Gasteiger partial charge in [0.1, 0.15) is 11.6 Å². The maximum Gasteiger partial charge on any atom is 0.144 e. The predicted octanol–water partition coefficient (Wildman–Crippen LogP) is 2.22. The molecule has 0 saturated heterocycles. The molecule has 5 heteroatoms. The fourth-order valence-corrected chi connectivity index (χ4v) is 2.12. The van der Waals surface area contributed by atoms with E-state index in [1.807, 2.05) is 32.2 Å². The summed E-state index contributed by atoms with van der Waals surface area (Å²) in [4.78, 5) is 13.2. The second kappa shape index (κ2) is 4.68. The number of benzene rings is 1. The quantitative estimate of drug-likeness (QED) is 0.777. The molecule has 2 heterocycles. The van der Waals surface area contributed by atoms with Gasteiger partial charge in [-0.3, -0.25) is 4.98 Å². The second-order valence-corrected chi connectivity index (χ2v) is 4.38. The lowest BCUT2D eigenvalue weighted by Gasteiger charge is -2.06. The van der Waals surface area contributed by atoms with Crippen LogP contribution in [0.15, 0.2) is 36.7 Å². The first kappa shape index (κ1) is 11.6. The number of nitrogens with zero attached hydrogens (tertiary/aromatic N) is 4. The van der Waals surface area contributed by atoms with Crippen LogP contribution in [0.25, 0.3) is 11.0 Å². The highest BCUT2D eigenvalue weighted by molar-refractivity contribution is 5.75. The molecule has 1 N–H and O–H groups in total. The van der Waals surface area contributed by atoms with Crippen LogP contribution in [0, 0.1) is 6.92 Å². The molecular weight excluding hydrogens is 238 g/mol. The summed E-state index contributed by atoms with van der Waals surface area (Å²) in [6, 6.07) is 8.12. The Morgan fingerprint density at radius 2 is 2.00 bits per heavy atom. The van der Waals surface area contributed by atoms with E-state index in [0.717, 1.165) is 28.4 Å². The van der Waals surface area contributed by atoms with Crippen LogP contribution in [0.3, 0.4) is 0 Å². The molecule has 1 aromatic carbocycles. The number of hydrogen-bond acceptors (Lipinski definition) is 4. The van der Waals surface area contributed by atoms with Crippen LogP contribution in [0.5, 0.6) is 0 Å². The SMILES string of the molecule is CNc1cnc(Cn2c(C)nc3ccccc32)cn1. The van der Waals surface area contributed by atoms with E-state index in [9.17, 15) is 0 Å². The van der Waals surface area contributed by atoms with Gasteiger partial charge in [0.25, 0.3) is 0 Å². The number of hydrogen-bond donors (Lipinski definition) is 1. The largest absolute Gasteiger partial charge is 0.372 e. The van der Waals surface area contributed by atoms with Crippen LogP contribution < -0.4 is 5.32 Å². The van der Waals surface area contributed by atoms with E-state index < -0.39 is 0 Å². The third kappa shape index (κ3) is 2.14. The molecule has 0 atom stereocenters. The van der Waals surface area contributed by atoms with Crippen molar-refractivity contribution in [2.75, 3.05) is 12.4 Å². The summed E-state index contributed by atoms with van der Waals surface area (Å²) in [6.07, 6.45) is 3.53. The van der Waals surface area contributed by atoms with Gasteiger partial charge >= 0.3 is 0 Å². The number of anilines is 1. The zero-order chi connectivity index (χ0) is 13.2. The fourth-order valence-electron chi connectivity index (χ4n) is 2.12. The van der Waals surface area contributed by atoms with Crippen LogP contribution >= 0.6 is 0 Å². The van der Waals surface area contributed by atoms with Gasteiger partial charge in [-0.25, -0.2) is 9.97 Å². The Kier molecular flexibility index (Phi) is 2.87. The first-order valence-corrected chi connectivity index (χ1v) is 6.18. The fraction of sp³-hybridized carbons (Fsp3) is 0.214. The van der Waals surface area contributed by atoms with Crippen molar-refractivity contribution in [2.45, 2.75) is 13.5 Å². The average molecular weight is 253 g/mol. The smallest absolute Gasteiger partial charge is 0.144 e. The van der Waals surface area contributed by atoms with E-state index in [-0.39, 0.29) is 0 Å². The number of aromatic nitrogens is 4. The zero-order valence-corrected chi connectivity index (χ0v) is 11.0. The maximum atomic E-state index is 4.55. The standard InChI is InChI=1S/C14H15N5/c1-10-18-12-5-3-4-6-13(12)19(10)9-11-7-17-14(15-2)8-16-11/h3-8H,9H2,1-2H3,(H,15,17). The van der Waals surface area contributed by atoms with Gasteiger partial charge in [0.2, 0.25) is 0 Å². The first-order valence-electron chi connectivity index (χ1n) is 6.18. The van der Waals surface area contributed by atoms with Gasteiger partial charge < -0.3 is 9.88 Å². The van der Waals surface area contributed by atoms with Gasteiger partial charge in [0.05, 0.1) is 35.7 Å². The van der Waals surface area contributed by atoms with Crippen molar-refractivity contribution in [1.82, 2.24) is 19.5 Å². The minimum absolute atomic E-state index is 0.684. The molecule has 5 nitrogen and oxygen atoms in total. The van der Waals surface area contributed by atoms with E-state index >= 15 is 0 Å². The van der Waals surface area contributed by atoms with E-state index in [1.54, 1.807) is 12.4 Å². The van der Waals surface area contributed by atoms with Gasteiger partial charge in [-0.2, -0.15) is 0 Å². The summed E-state index contributed by atoms with van der Waals surface area (Å²) in [5.41, 5.74) is 3.06. The molecular formula is C14H15N5. The Hall–Kier alpha value is -2.43. The molecule has 0 fully saturated rings. The summed E-state index contributed by atoms with van der Waals surface area (Å²) in [5, 5.41) is 2.96. The third-order valence-electron chi connectivity index (χ3n) is 3.13. The highest BCUT2D eigenvalue weighted by atomic mass is 15.1. The zero-order valence-electron chi connectivity index (χ0n) is 11.0. The molecule has 0 unspecified atom stereocenters. The summed E-state index contributed by atoms with van der Waals surface area (Å²) >= 11 is 0. The van der Waals surface area contributed by atoms with Crippen molar-refractivity contribution in [1.29, 1.82) is 0 Å². The number of nitrogens with one attached hydrogen (secondary N) is 1. The lowest BCUT2D eigenvalue weighted by atomic mass is 10.3. The molecule has 19 heavy (non-hydrogen) atoms. The van der Waals surface area contributed by atoms with Crippen molar-refractivity contribution in [3.05, 3.63) is 48.2 Å². The molecule has 0 spiro atoms. The van der Waals surface area contributed by atoms with Crippen molar-refractivity contribution in [3.63, 3.8) is 0 Å². The van der Waals surface area contributed by atoms with Crippen molar-refractivity contribution in [3.8, 4) is 0 Å².